The summed E-state index contributed by atoms with van der Waals surface area (Å²) < 4.78 is 12.3. The van der Waals surface area contributed by atoms with E-state index in [1.165, 1.54) is 35.4 Å². The SMILES string of the molecule is Cc1cc(C2(C)CCC(C(C)(C)c3cc(C)c(Oc4cccc([N+](=O)[O-])c4)c(C)c3)CC2)cc(C)c1Oc1cccc([N+](=O)[O-])c1. The first kappa shape index (κ1) is 32.7. The number of nitro groups is 2. The summed E-state index contributed by atoms with van der Waals surface area (Å²) >= 11 is 0. The predicted octanol–water partition coefficient (Wildman–Crippen LogP) is 10.7. The third-order valence-corrected chi connectivity index (χ3v) is 9.97. The van der Waals surface area contributed by atoms with E-state index in [0.717, 1.165) is 59.4 Å². The van der Waals surface area contributed by atoms with Crippen molar-refractivity contribution in [1.29, 1.82) is 0 Å². The van der Waals surface area contributed by atoms with Gasteiger partial charge in [-0.3, -0.25) is 20.2 Å². The van der Waals surface area contributed by atoms with Crippen molar-refractivity contribution in [2.45, 2.75) is 85.0 Å². The molecule has 8 nitrogen and oxygen atoms in total. The second-order valence-electron chi connectivity index (χ2n) is 13.6. The van der Waals surface area contributed by atoms with E-state index < -0.39 is 9.85 Å². The van der Waals surface area contributed by atoms with Crippen molar-refractivity contribution in [1.82, 2.24) is 0 Å². The Morgan fingerprint density at radius 3 is 1.52 bits per heavy atom. The van der Waals surface area contributed by atoms with Gasteiger partial charge in [0.1, 0.15) is 23.0 Å². The average Bonchev–Trinajstić information content (AvgIpc) is 3.01. The fourth-order valence-electron chi connectivity index (χ4n) is 7.00. The Morgan fingerprint density at radius 2 is 1.11 bits per heavy atom. The standard InChI is InChI=1S/C38H42N2O6/c1-24-18-29(19-25(2)35(24)45-33-12-8-10-31(22-33)39(41)42)37(5,6)28-14-16-38(7,17-15-28)30-20-26(3)36(27(4)21-30)46-34-13-9-11-32(23-34)40(43)44/h8-13,18-23,28H,14-17H2,1-7H3. The van der Waals surface area contributed by atoms with Gasteiger partial charge in [0.25, 0.3) is 11.4 Å². The van der Waals surface area contributed by atoms with Crippen LogP contribution < -0.4 is 9.47 Å². The lowest BCUT2D eigenvalue weighted by Crippen LogP contribution is -2.37. The van der Waals surface area contributed by atoms with Gasteiger partial charge in [0.2, 0.25) is 0 Å². The van der Waals surface area contributed by atoms with Crippen LogP contribution in [0.1, 0.15) is 79.8 Å². The molecule has 240 valence electrons. The van der Waals surface area contributed by atoms with Crippen molar-refractivity contribution < 1.29 is 19.3 Å². The highest BCUT2D eigenvalue weighted by Crippen LogP contribution is 2.49. The minimum Gasteiger partial charge on any atom is -0.457 e. The third kappa shape index (κ3) is 6.62. The molecule has 0 spiro atoms. The lowest BCUT2D eigenvalue weighted by atomic mass is 9.60. The Labute approximate surface area is 270 Å². The summed E-state index contributed by atoms with van der Waals surface area (Å²) in [7, 11) is 0. The van der Waals surface area contributed by atoms with Crippen LogP contribution in [-0.2, 0) is 10.8 Å². The molecular formula is C38H42N2O6. The Morgan fingerprint density at radius 1 is 0.696 bits per heavy atom. The van der Waals surface area contributed by atoms with Crippen molar-refractivity contribution in [2.24, 2.45) is 5.92 Å². The minimum absolute atomic E-state index is 0.00457. The molecule has 0 unspecified atom stereocenters. The highest BCUT2D eigenvalue weighted by Gasteiger charge is 2.40. The molecule has 1 aliphatic rings. The largest absolute Gasteiger partial charge is 0.457 e. The lowest BCUT2D eigenvalue weighted by molar-refractivity contribution is -0.385. The zero-order valence-electron chi connectivity index (χ0n) is 27.7. The van der Waals surface area contributed by atoms with E-state index in [1.807, 2.05) is 27.7 Å². The summed E-state index contributed by atoms with van der Waals surface area (Å²) in [5.74, 6) is 2.89. The molecule has 0 aromatic heterocycles. The van der Waals surface area contributed by atoms with Crippen molar-refractivity contribution >= 4 is 11.4 Å². The second kappa shape index (κ2) is 12.6. The van der Waals surface area contributed by atoms with E-state index in [-0.39, 0.29) is 22.2 Å². The fourth-order valence-corrected chi connectivity index (χ4v) is 7.00. The van der Waals surface area contributed by atoms with Crippen molar-refractivity contribution in [3.8, 4) is 23.0 Å². The van der Waals surface area contributed by atoms with Crippen LogP contribution in [0.5, 0.6) is 23.0 Å². The number of nitrogens with zero attached hydrogens (tertiary/aromatic N) is 2. The zero-order valence-corrected chi connectivity index (χ0v) is 27.7. The van der Waals surface area contributed by atoms with Gasteiger partial charge in [-0.25, -0.2) is 0 Å². The number of aryl methyl sites for hydroxylation is 4. The zero-order chi connectivity index (χ0) is 33.4. The molecule has 1 aliphatic carbocycles. The van der Waals surface area contributed by atoms with Gasteiger partial charge in [-0.05, 0) is 116 Å². The van der Waals surface area contributed by atoms with Crippen molar-refractivity contribution in [2.75, 3.05) is 0 Å². The molecule has 0 bridgehead atoms. The summed E-state index contributed by atoms with van der Waals surface area (Å²) in [6, 6.07) is 21.4. The Hall–Kier alpha value is -4.72. The molecule has 4 aromatic rings. The summed E-state index contributed by atoms with van der Waals surface area (Å²) in [5, 5.41) is 22.4. The van der Waals surface area contributed by atoms with Crippen molar-refractivity contribution in [3.05, 3.63) is 126 Å². The topological polar surface area (TPSA) is 105 Å². The molecule has 0 atom stereocenters. The van der Waals surface area contributed by atoms with Gasteiger partial charge in [0.05, 0.1) is 22.0 Å². The van der Waals surface area contributed by atoms with Gasteiger partial charge in [-0.1, -0.05) is 57.2 Å². The Bertz CT molecular complexity index is 1760. The molecule has 8 heteroatoms. The maximum absolute atomic E-state index is 11.2. The van der Waals surface area contributed by atoms with E-state index in [4.69, 9.17) is 9.47 Å². The smallest absolute Gasteiger partial charge is 0.273 e. The summed E-state index contributed by atoms with van der Waals surface area (Å²) in [6.45, 7) is 15.2. The second-order valence-corrected chi connectivity index (χ2v) is 13.6. The van der Waals surface area contributed by atoms with Crippen LogP contribution in [0.25, 0.3) is 0 Å². The van der Waals surface area contributed by atoms with Gasteiger partial charge in [0.15, 0.2) is 0 Å². The number of ether oxygens (including phenoxy) is 2. The van der Waals surface area contributed by atoms with Crippen molar-refractivity contribution in [3.63, 3.8) is 0 Å². The van der Waals surface area contributed by atoms with Crippen LogP contribution in [0.3, 0.4) is 0 Å². The molecule has 0 aliphatic heterocycles. The summed E-state index contributed by atoms with van der Waals surface area (Å²) in [4.78, 5) is 21.6. The number of hydrogen-bond acceptors (Lipinski definition) is 6. The van der Waals surface area contributed by atoms with Crippen LogP contribution in [0.2, 0.25) is 0 Å². The van der Waals surface area contributed by atoms with E-state index >= 15 is 0 Å². The molecule has 1 saturated carbocycles. The fraction of sp³-hybridized carbons (Fsp3) is 0.368. The molecule has 5 rings (SSSR count). The minimum atomic E-state index is -0.414. The van der Waals surface area contributed by atoms with Crippen LogP contribution in [-0.4, -0.2) is 9.85 Å². The number of nitro benzene ring substituents is 2. The normalized spacial score (nSPS) is 18.2. The Balaban J connectivity index is 1.30. The molecule has 0 N–H and O–H groups in total. The first-order chi connectivity index (χ1) is 21.7. The predicted molar refractivity (Wildman–Crippen MR) is 181 cm³/mol. The first-order valence-corrected chi connectivity index (χ1v) is 15.8. The van der Waals surface area contributed by atoms with Gasteiger partial charge >= 0.3 is 0 Å². The van der Waals surface area contributed by atoms with E-state index in [9.17, 15) is 20.2 Å². The number of rotatable bonds is 9. The van der Waals surface area contributed by atoms with Crippen LogP contribution >= 0.6 is 0 Å². The first-order valence-electron chi connectivity index (χ1n) is 15.8. The lowest BCUT2D eigenvalue weighted by Gasteiger charge is -2.44. The molecule has 0 radical (unpaired) electrons. The average molecular weight is 623 g/mol. The van der Waals surface area contributed by atoms with Gasteiger partial charge in [0, 0.05) is 12.1 Å². The summed E-state index contributed by atoms with van der Waals surface area (Å²) in [5.41, 5.74) is 6.62. The van der Waals surface area contributed by atoms with E-state index in [1.54, 1.807) is 24.3 Å². The molecule has 0 heterocycles. The Kier molecular flexibility index (Phi) is 8.94. The molecular weight excluding hydrogens is 580 g/mol. The van der Waals surface area contributed by atoms with E-state index in [0.29, 0.717) is 17.4 Å². The quantitative estimate of drug-likeness (QED) is 0.136. The summed E-state index contributed by atoms with van der Waals surface area (Å²) in [6.07, 6.45) is 4.32. The van der Waals surface area contributed by atoms with Gasteiger partial charge < -0.3 is 9.47 Å². The number of non-ortho nitro benzene ring substituents is 2. The number of hydrogen-bond donors (Lipinski definition) is 0. The van der Waals surface area contributed by atoms with E-state index in [2.05, 4.69) is 45.0 Å². The van der Waals surface area contributed by atoms with Gasteiger partial charge in [-0.15, -0.1) is 0 Å². The van der Waals surface area contributed by atoms with Gasteiger partial charge in [-0.2, -0.15) is 0 Å². The molecule has 4 aromatic carbocycles. The van der Waals surface area contributed by atoms with Crippen LogP contribution in [0.15, 0.2) is 72.8 Å². The highest BCUT2D eigenvalue weighted by atomic mass is 16.6. The van der Waals surface area contributed by atoms with Crippen LogP contribution in [0.4, 0.5) is 11.4 Å². The molecule has 46 heavy (non-hydrogen) atoms. The molecule has 1 fully saturated rings. The number of benzene rings is 4. The van der Waals surface area contributed by atoms with Crippen LogP contribution in [0, 0.1) is 53.8 Å². The molecule has 0 amide bonds. The molecule has 0 saturated heterocycles. The third-order valence-electron chi connectivity index (χ3n) is 9.97. The monoisotopic (exact) mass is 622 g/mol. The maximum atomic E-state index is 11.2. The highest BCUT2D eigenvalue weighted by molar-refractivity contribution is 5.51. The maximum Gasteiger partial charge on any atom is 0.273 e.